The Balaban J connectivity index is 2.58. The van der Waals surface area contributed by atoms with Gasteiger partial charge in [-0.05, 0) is 22.4 Å². The van der Waals surface area contributed by atoms with Gasteiger partial charge in [-0.25, -0.2) is 4.98 Å². The molecule has 4 N–H and O–H groups in total. The molecule has 14 heavy (non-hydrogen) atoms. The molecular formula is C8H13BrN4O. The molecule has 0 aliphatic carbocycles. The van der Waals surface area contributed by atoms with Crippen LogP contribution in [0, 0.1) is 0 Å². The van der Waals surface area contributed by atoms with Crippen LogP contribution >= 0.6 is 15.9 Å². The van der Waals surface area contributed by atoms with Crippen LogP contribution in [0.2, 0.25) is 0 Å². The number of nitrogens with one attached hydrogen (secondary N) is 1. The summed E-state index contributed by atoms with van der Waals surface area (Å²) in [5.41, 5.74) is 5.51. The third kappa shape index (κ3) is 3.47. The van der Waals surface area contributed by atoms with Crippen LogP contribution in [0.3, 0.4) is 0 Å². The predicted octanol–water partition coefficient (Wildman–Crippen LogP) is 1.00. The third-order valence-electron chi connectivity index (χ3n) is 1.68. The van der Waals surface area contributed by atoms with Gasteiger partial charge in [0.05, 0.1) is 6.10 Å². The standard InChI is InChI=1S/C8H13BrN4O/c1-2-5(14)4-11-8-12-6(9)3-7(10)13-8/h3,5,14H,2,4H2,1H3,(H3,10,11,12,13). The minimum atomic E-state index is -0.390. The molecular weight excluding hydrogens is 248 g/mol. The molecule has 1 rings (SSSR count). The van der Waals surface area contributed by atoms with Crippen LogP contribution in [0.4, 0.5) is 11.8 Å². The minimum Gasteiger partial charge on any atom is -0.391 e. The number of hydrogen-bond donors (Lipinski definition) is 3. The number of aliphatic hydroxyl groups is 1. The van der Waals surface area contributed by atoms with Gasteiger partial charge in [-0.3, -0.25) is 0 Å². The van der Waals surface area contributed by atoms with E-state index in [-0.39, 0.29) is 6.10 Å². The zero-order valence-corrected chi connectivity index (χ0v) is 9.45. The van der Waals surface area contributed by atoms with Crippen molar-refractivity contribution in [3.8, 4) is 0 Å². The lowest BCUT2D eigenvalue weighted by atomic mass is 10.3. The Morgan fingerprint density at radius 2 is 2.36 bits per heavy atom. The van der Waals surface area contributed by atoms with E-state index in [4.69, 9.17) is 5.73 Å². The molecule has 0 spiro atoms. The van der Waals surface area contributed by atoms with Gasteiger partial charge < -0.3 is 16.2 Å². The highest BCUT2D eigenvalue weighted by Gasteiger charge is 2.03. The lowest BCUT2D eigenvalue weighted by Gasteiger charge is -2.09. The summed E-state index contributed by atoms with van der Waals surface area (Å²) in [5, 5.41) is 12.2. The van der Waals surface area contributed by atoms with Gasteiger partial charge in [0.2, 0.25) is 5.95 Å². The lowest BCUT2D eigenvalue weighted by molar-refractivity contribution is 0.183. The van der Waals surface area contributed by atoms with Gasteiger partial charge in [-0.1, -0.05) is 6.92 Å². The molecule has 1 atom stereocenters. The highest BCUT2D eigenvalue weighted by atomic mass is 79.9. The molecule has 1 unspecified atom stereocenters. The van der Waals surface area contributed by atoms with E-state index in [1.165, 1.54) is 0 Å². The Labute approximate surface area is 90.9 Å². The number of nitrogens with two attached hydrogens (primary N) is 1. The highest BCUT2D eigenvalue weighted by Crippen LogP contribution is 2.12. The van der Waals surface area contributed by atoms with Gasteiger partial charge >= 0.3 is 0 Å². The summed E-state index contributed by atoms with van der Waals surface area (Å²) in [7, 11) is 0. The van der Waals surface area contributed by atoms with Gasteiger partial charge in [0.25, 0.3) is 0 Å². The van der Waals surface area contributed by atoms with E-state index in [0.717, 1.165) is 0 Å². The fraction of sp³-hybridized carbons (Fsp3) is 0.500. The molecule has 0 aromatic carbocycles. The third-order valence-corrected chi connectivity index (χ3v) is 2.09. The van der Waals surface area contributed by atoms with E-state index < -0.39 is 0 Å². The van der Waals surface area contributed by atoms with Gasteiger partial charge in [0, 0.05) is 12.6 Å². The van der Waals surface area contributed by atoms with Crippen LogP contribution in [0.1, 0.15) is 13.3 Å². The Morgan fingerprint density at radius 3 is 2.93 bits per heavy atom. The Hall–Kier alpha value is -0.880. The first-order chi connectivity index (χ1) is 6.61. The molecule has 6 heteroatoms. The van der Waals surface area contributed by atoms with Crippen molar-refractivity contribution in [2.45, 2.75) is 19.4 Å². The van der Waals surface area contributed by atoms with E-state index >= 15 is 0 Å². The maximum absolute atomic E-state index is 9.30. The maximum atomic E-state index is 9.30. The van der Waals surface area contributed by atoms with E-state index in [2.05, 4.69) is 31.2 Å². The molecule has 1 aromatic heterocycles. The first-order valence-corrected chi connectivity index (χ1v) is 5.13. The van der Waals surface area contributed by atoms with E-state index in [1.807, 2.05) is 6.92 Å². The maximum Gasteiger partial charge on any atom is 0.225 e. The van der Waals surface area contributed by atoms with Gasteiger partial charge in [-0.2, -0.15) is 4.98 Å². The number of rotatable bonds is 4. The Bertz CT molecular complexity index is 287. The summed E-state index contributed by atoms with van der Waals surface area (Å²) in [6, 6.07) is 1.61. The summed E-state index contributed by atoms with van der Waals surface area (Å²) >= 11 is 3.20. The van der Waals surface area contributed by atoms with Crippen LogP contribution in [-0.2, 0) is 0 Å². The lowest BCUT2D eigenvalue weighted by Crippen LogP contribution is -2.19. The fourth-order valence-electron chi connectivity index (χ4n) is 0.868. The van der Waals surface area contributed by atoms with E-state index in [9.17, 15) is 5.11 Å². The van der Waals surface area contributed by atoms with Crippen molar-refractivity contribution in [2.24, 2.45) is 0 Å². The second kappa shape index (κ2) is 5.11. The Kier molecular flexibility index (Phi) is 4.09. The quantitative estimate of drug-likeness (QED) is 0.704. The average molecular weight is 261 g/mol. The molecule has 0 radical (unpaired) electrons. The van der Waals surface area contributed by atoms with Crippen LogP contribution in [0.5, 0.6) is 0 Å². The van der Waals surface area contributed by atoms with Crippen LogP contribution < -0.4 is 11.1 Å². The normalized spacial score (nSPS) is 12.5. The summed E-state index contributed by atoms with van der Waals surface area (Å²) in [4.78, 5) is 8.00. The molecule has 0 aliphatic heterocycles. The summed E-state index contributed by atoms with van der Waals surface area (Å²) < 4.78 is 0.624. The number of nitrogen functional groups attached to an aromatic ring is 1. The molecule has 0 aliphatic rings. The summed E-state index contributed by atoms with van der Waals surface area (Å²) in [5.74, 6) is 0.810. The number of nitrogens with zero attached hydrogens (tertiary/aromatic N) is 2. The molecule has 1 aromatic rings. The smallest absolute Gasteiger partial charge is 0.225 e. The predicted molar refractivity (Wildman–Crippen MR) is 58.9 cm³/mol. The van der Waals surface area contributed by atoms with Gasteiger partial charge in [0.15, 0.2) is 0 Å². The molecule has 1 heterocycles. The average Bonchev–Trinajstić information content (AvgIpc) is 2.12. The largest absolute Gasteiger partial charge is 0.391 e. The van der Waals surface area contributed by atoms with Crippen molar-refractivity contribution in [2.75, 3.05) is 17.6 Å². The molecule has 0 saturated heterocycles. The van der Waals surface area contributed by atoms with Gasteiger partial charge in [-0.15, -0.1) is 0 Å². The number of hydrogen-bond acceptors (Lipinski definition) is 5. The van der Waals surface area contributed by atoms with E-state index in [1.54, 1.807) is 6.07 Å². The SMILES string of the molecule is CCC(O)CNc1nc(N)cc(Br)n1. The molecule has 78 valence electrons. The molecule has 0 amide bonds. The molecule has 0 bridgehead atoms. The fourth-order valence-corrected chi connectivity index (χ4v) is 1.27. The highest BCUT2D eigenvalue weighted by molar-refractivity contribution is 9.10. The molecule has 0 saturated carbocycles. The van der Waals surface area contributed by atoms with Crippen molar-refractivity contribution < 1.29 is 5.11 Å². The van der Waals surface area contributed by atoms with Crippen molar-refractivity contribution in [1.29, 1.82) is 0 Å². The topological polar surface area (TPSA) is 84.1 Å². The van der Waals surface area contributed by atoms with Crippen LogP contribution in [0.15, 0.2) is 10.7 Å². The van der Waals surface area contributed by atoms with Crippen LogP contribution in [-0.4, -0.2) is 27.7 Å². The zero-order chi connectivity index (χ0) is 10.6. The van der Waals surface area contributed by atoms with E-state index in [0.29, 0.717) is 29.3 Å². The van der Waals surface area contributed by atoms with Crippen molar-refractivity contribution >= 4 is 27.7 Å². The van der Waals surface area contributed by atoms with Crippen molar-refractivity contribution in [3.05, 3.63) is 10.7 Å². The molecule has 0 fully saturated rings. The minimum absolute atomic E-state index is 0.389. The monoisotopic (exact) mass is 260 g/mol. The van der Waals surface area contributed by atoms with Gasteiger partial charge in [0.1, 0.15) is 10.4 Å². The zero-order valence-electron chi connectivity index (χ0n) is 7.87. The first kappa shape index (κ1) is 11.2. The van der Waals surface area contributed by atoms with Crippen molar-refractivity contribution in [3.63, 3.8) is 0 Å². The Morgan fingerprint density at radius 1 is 1.64 bits per heavy atom. The summed E-state index contributed by atoms with van der Waals surface area (Å²) in [6.45, 7) is 2.33. The first-order valence-electron chi connectivity index (χ1n) is 4.33. The number of anilines is 2. The second-order valence-electron chi connectivity index (χ2n) is 2.88. The number of halogens is 1. The number of aliphatic hydroxyl groups excluding tert-OH is 1. The van der Waals surface area contributed by atoms with Crippen molar-refractivity contribution in [1.82, 2.24) is 9.97 Å². The van der Waals surface area contributed by atoms with Crippen LogP contribution in [0.25, 0.3) is 0 Å². The number of aromatic nitrogens is 2. The summed E-state index contributed by atoms with van der Waals surface area (Å²) in [6.07, 6.45) is 0.301. The molecule has 5 nitrogen and oxygen atoms in total. The second-order valence-corrected chi connectivity index (χ2v) is 3.69.